The predicted octanol–water partition coefficient (Wildman–Crippen LogP) is 2.82. The summed E-state index contributed by atoms with van der Waals surface area (Å²) in [6.07, 6.45) is 0. The maximum absolute atomic E-state index is 10.6. The normalized spacial score (nSPS) is 9.35. The lowest BCUT2D eigenvalue weighted by atomic mass is 10.3. The van der Waals surface area contributed by atoms with Crippen molar-refractivity contribution in [3.63, 3.8) is 0 Å². The molecule has 1 aromatic heterocycles. The van der Waals surface area contributed by atoms with Crippen LogP contribution < -0.4 is 15.8 Å². The van der Waals surface area contributed by atoms with Gasteiger partial charge in [-0.15, -0.1) is 0 Å². The number of anilines is 1. The minimum atomic E-state index is -0.618. The van der Waals surface area contributed by atoms with Gasteiger partial charge in [-0.2, -0.15) is 0 Å². The topological polar surface area (TPSA) is 77.2 Å². The zero-order valence-electron chi connectivity index (χ0n) is 9.98. The second kappa shape index (κ2) is 6.05. The third-order valence-corrected chi connectivity index (χ3v) is 2.77. The fourth-order valence-corrected chi connectivity index (χ4v) is 2.13. The molecule has 0 aliphatic rings. The third kappa shape index (κ3) is 3.07. The number of nitrogens with one attached hydrogen (secondary N) is 1. The smallest absolute Gasteiger partial charge is 0.318 e. The van der Waals surface area contributed by atoms with Crippen molar-refractivity contribution in [2.24, 2.45) is 5.73 Å². The number of nitrogens with zero attached hydrogens (tertiary/aromatic N) is 1. The summed E-state index contributed by atoms with van der Waals surface area (Å²) in [4.78, 5) is 14.9. The number of thiazole rings is 1. The minimum absolute atomic E-state index is 0.474. The van der Waals surface area contributed by atoms with Crippen molar-refractivity contribution in [1.29, 1.82) is 0 Å². The Balaban J connectivity index is 0.000000686. The molecule has 3 N–H and O–H groups in total. The molecule has 0 saturated carbocycles. The summed E-state index contributed by atoms with van der Waals surface area (Å²) in [5.41, 5.74) is 5.73. The Hall–Kier alpha value is -1.82. The number of benzene rings is 1. The van der Waals surface area contributed by atoms with E-state index in [1.54, 1.807) is 7.11 Å². The molecule has 5 nitrogen and oxygen atoms in total. The first-order valence-electron chi connectivity index (χ1n) is 5.20. The van der Waals surface area contributed by atoms with E-state index in [0.717, 1.165) is 10.2 Å². The molecule has 2 aromatic rings. The number of para-hydroxylation sites is 1. The first-order valence-corrected chi connectivity index (χ1v) is 6.02. The van der Waals surface area contributed by atoms with Gasteiger partial charge in [0.15, 0.2) is 5.13 Å². The quantitative estimate of drug-likeness (QED) is 0.863. The van der Waals surface area contributed by atoms with E-state index >= 15 is 0 Å². The van der Waals surface area contributed by atoms with Gasteiger partial charge in [0.1, 0.15) is 11.3 Å². The van der Waals surface area contributed by atoms with E-state index in [1.807, 2.05) is 32.0 Å². The molecule has 0 fully saturated rings. The number of urea groups is 1. The molecule has 0 spiro atoms. The number of aromatic nitrogens is 1. The number of fused-ring (bicyclic) bond motifs is 1. The van der Waals surface area contributed by atoms with Crippen LogP contribution >= 0.6 is 11.3 Å². The van der Waals surface area contributed by atoms with E-state index in [9.17, 15) is 4.79 Å². The molecule has 2 rings (SSSR count). The highest BCUT2D eigenvalue weighted by Crippen LogP contribution is 2.31. The highest BCUT2D eigenvalue weighted by molar-refractivity contribution is 7.22. The Morgan fingerprint density at radius 3 is 2.76 bits per heavy atom. The zero-order valence-corrected chi connectivity index (χ0v) is 10.8. The van der Waals surface area contributed by atoms with E-state index < -0.39 is 6.03 Å². The van der Waals surface area contributed by atoms with Gasteiger partial charge in [-0.3, -0.25) is 5.32 Å². The lowest BCUT2D eigenvalue weighted by Gasteiger charge is -1.97. The fraction of sp³-hybridized carbons (Fsp3) is 0.273. The second-order valence-electron chi connectivity index (χ2n) is 2.82. The number of methoxy groups -OCH3 is 1. The Morgan fingerprint density at radius 1 is 1.47 bits per heavy atom. The number of amides is 2. The Morgan fingerprint density at radius 2 is 2.18 bits per heavy atom. The summed E-state index contributed by atoms with van der Waals surface area (Å²) in [6.45, 7) is 4.00. The summed E-state index contributed by atoms with van der Waals surface area (Å²) in [5, 5.41) is 2.91. The van der Waals surface area contributed by atoms with Crippen LogP contribution in [-0.2, 0) is 0 Å². The van der Waals surface area contributed by atoms with E-state index in [-0.39, 0.29) is 0 Å². The van der Waals surface area contributed by atoms with Gasteiger partial charge in [0.05, 0.1) is 11.8 Å². The molecule has 1 heterocycles. The van der Waals surface area contributed by atoms with E-state index in [1.165, 1.54) is 11.3 Å². The van der Waals surface area contributed by atoms with Crippen LogP contribution in [-0.4, -0.2) is 18.1 Å². The number of nitrogens with two attached hydrogens (primary N) is 1. The summed E-state index contributed by atoms with van der Waals surface area (Å²) in [7, 11) is 1.58. The molecule has 92 valence electrons. The number of hydrogen-bond acceptors (Lipinski definition) is 4. The van der Waals surface area contributed by atoms with E-state index in [0.29, 0.717) is 10.9 Å². The highest BCUT2D eigenvalue weighted by Gasteiger charge is 2.08. The largest absolute Gasteiger partial charge is 0.494 e. The maximum Gasteiger partial charge on any atom is 0.318 e. The van der Waals surface area contributed by atoms with Crippen LogP contribution in [0.1, 0.15) is 13.8 Å². The molecule has 0 aliphatic heterocycles. The molecule has 0 atom stereocenters. The van der Waals surface area contributed by atoms with Crippen molar-refractivity contribution >= 4 is 32.7 Å². The molecule has 6 heteroatoms. The second-order valence-corrected chi connectivity index (χ2v) is 3.85. The number of hydrogen-bond donors (Lipinski definition) is 2. The standard InChI is InChI=1S/C9H9N3O2S.C2H6/c1-14-5-3-2-4-6-7(5)11-9(15-6)12-8(10)13;1-2/h2-4H,1H3,(H3,10,11,12,13);1-2H3. The highest BCUT2D eigenvalue weighted by atomic mass is 32.1. The summed E-state index contributed by atoms with van der Waals surface area (Å²) in [6, 6.07) is 4.97. The number of carbonyl (C=O) groups excluding carboxylic acids is 1. The molecule has 1 aromatic carbocycles. The third-order valence-electron chi connectivity index (χ3n) is 1.83. The summed E-state index contributed by atoms with van der Waals surface area (Å²) < 4.78 is 6.09. The van der Waals surface area contributed by atoms with Gasteiger partial charge in [-0.1, -0.05) is 31.3 Å². The van der Waals surface area contributed by atoms with E-state index in [2.05, 4.69) is 10.3 Å². The van der Waals surface area contributed by atoms with Crippen LogP contribution in [0.25, 0.3) is 10.2 Å². The molecule has 0 unspecified atom stereocenters. The van der Waals surface area contributed by atoms with Gasteiger partial charge in [0.2, 0.25) is 0 Å². The van der Waals surface area contributed by atoms with E-state index in [4.69, 9.17) is 10.5 Å². The average Bonchev–Trinajstić information content (AvgIpc) is 2.72. The van der Waals surface area contributed by atoms with Gasteiger partial charge in [0.25, 0.3) is 0 Å². The van der Waals surface area contributed by atoms with Crippen LogP contribution in [0.15, 0.2) is 18.2 Å². The van der Waals surface area contributed by atoms with Crippen molar-refractivity contribution in [1.82, 2.24) is 4.98 Å². The summed E-state index contributed by atoms with van der Waals surface area (Å²) in [5.74, 6) is 0.682. The number of carbonyl (C=O) groups is 1. The maximum atomic E-state index is 10.6. The van der Waals surface area contributed by atoms with Crippen LogP contribution in [0.3, 0.4) is 0 Å². The van der Waals surface area contributed by atoms with Crippen LogP contribution in [0.2, 0.25) is 0 Å². The fourth-order valence-electron chi connectivity index (χ4n) is 1.25. The molecule has 0 saturated heterocycles. The van der Waals surface area contributed by atoms with Crippen molar-refractivity contribution < 1.29 is 9.53 Å². The van der Waals surface area contributed by atoms with Crippen LogP contribution in [0, 0.1) is 0 Å². The molecule has 0 radical (unpaired) electrons. The number of rotatable bonds is 2. The number of primary amides is 1. The SMILES string of the molecule is CC.COc1cccc2sc(NC(N)=O)nc12. The molecular weight excluding hydrogens is 238 g/mol. The predicted molar refractivity (Wildman–Crippen MR) is 70.7 cm³/mol. The van der Waals surface area contributed by atoms with Gasteiger partial charge in [-0.25, -0.2) is 9.78 Å². The molecule has 0 aliphatic carbocycles. The molecule has 17 heavy (non-hydrogen) atoms. The van der Waals surface area contributed by atoms with Gasteiger partial charge < -0.3 is 10.5 Å². The molecule has 2 amide bonds. The van der Waals surface area contributed by atoms with Crippen LogP contribution in [0.4, 0.5) is 9.93 Å². The van der Waals surface area contributed by atoms with Crippen LogP contribution in [0.5, 0.6) is 5.75 Å². The average molecular weight is 253 g/mol. The van der Waals surface area contributed by atoms with Gasteiger partial charge in [0, 0.05) is 0 Å². The van der Waals surface area contributed by atoms with Gasteiger partial charge in [-0.05, 0) is 12.1 Å². The van der Waals surface area contributed by atoms with Crippen molar-refractivity contribution in [3.8, 4) is 5.75 Å². The number of ether oxygens (including phenoxy) is 1. The first kappa shape index (κ1) is 13.2. The zero-order chi connectivity index (χ0) is 12.8. The Kier molecular flexibility index (Phi) is 4.71. The Bertz CT molecular complexity index is 510. The first-order chi connectivity index (χ1) is 8.20. The molecule has 0 bridgehead atoms. The van der Waals surface area contributed by atoms with Crippen molar-refractivity contribution in [2.45, 2.75) is 13.8 Å². The Labute approximate surface area is 104 Å². The van der Waals surface area contributed by atoms with Crippen molar-refractivity contribution in [3.05, 3.63) is 18.2 Å². The van der Waals surface area contributed by atoms with Crippen molar-refractivity contribution in [2.75, 3.05) is 12.4 Å². The monoisotopic (exact) mass is 253 g/mol. The van der Waals surface area contributed by atoms with Gasteiger partial charge >= 0.3 is 6.03 Å². The lowest BCUT2D eigenvalue weighted by Crippen LogP contribution is -2.18. The minimum Gasteiger partial charge on any atom is -0.494 e. The lowest BCUT2D eigenvalue weighted by molar-refractivity contribution is 0.259. The molecular formula is C11H15N3O2S. The summed E-state index contributed by atoms with van der Waals surface area (Å²) >= 11 is 1.35.